The molecule has 0 aromatic heterocycles. The van der Waals surface area contributed by atoms with Crippen LogP contribution in [-0.4, -0.2) is 17.3 Å². The van der Waals surface area contributed by atoms with Gasteiger partial charge in [0.2, 0.25) is 0 Å². The number of hydrogen-bond acceptors (Lipinski definition) is 3. The summed E-state index contributed by atoms with van der Waals surface area (Å²) in [5.74, 6) is 0.766. The molecule has 3 nitrogen and oxygen atoms in total. The van der Waals surface area contributed by atoms with Crippen LogP contribution in [0.1, 0.15) is 118 Å². The first kappa shape index (κ1) is 33.5. The quantitative estimate of drug-likeness (QED) is 0.310. The van der Waals surface area contributed by atoms with Gasteiger partial charge in [0.25, 0.3) is 0 Å². The van der Waals surface area contributed by atoms with Crippen LogP contribution in [-0.2, 0) is 16.0 Å². The molecule has 0 spiro atoms. The van der Waals surface area contributed by atoms with Crippen LogP contribution in [0.4, 0.5) is 0 Å². The molecule has 0 fully saturated rings. The average Bonchev–Trinajstić information content (AvgIpc) is 2.84. The fourth-order valence-corrected chi connectivity index (χ4v) is 5.56. The molecule has 0 saturated carbocycles. The zero-order chi connectivity index (χ0) is 28.8. The zero-order valence-corrected chi connectivity index (χ0v) is 25.6. The van der Waals surface area contributed by atoms with Gasteiger partial charge >= 0.3 is 0 Å². The van der Waals surface area contributed by atoms with E-state index in [1.165, 1.54) is 35.6 Å². The molecule has 2 aromatic rings. The minimum Gasteiger partial charge on any atom is -0.300 e. The molecule has 3 heteroatoms. The lowest BCUT2D eigenvalue weighted by Crippen LogP contribution is -2.30. The van der Waals surface area contributed by atoms with Crippen LogP contribution >= 0.6 is 0 Å². The maximum absolute atomic E-state index is 12.8. The summed E-state index contributed by atoms with van der Waals surface area (Å²) >= 11 is 0. The van der Waals surface area contributed by atoms with Crippen LogP contribution in [0.2, 0.25) is 0 Å². The fraction of sp³-hybridized carbons (Fsp3) is 0.571. The molecular weight excluding hydrogens is 468 g/mol. The Morgan fingerprint density at radius 2 is 1.39 bits per heavy atom. The van der Waals surface area contributed by atoms with Gasteiger partial charge in [-0.1, -0.05) is 83.4 Å². The Bertz CT molecular complexity index is 1030. The van der Waals surface area contributed by atoms with Gasteiger partial charge in [-0.15, -0.1) is 0 Å². The highest BCUT2D eigenvalue weighted by molar-refractivity contribution is 6.00. The second-order valence-electron chi connectivity index (χ2n) is 11.2. The lowest BCUT2D eigenvalue weighted by atomic mass is 9.71. The zero-order valence-electron chi connectivity index (χ0n) is 25.6. The molecule has 0 radical (unpaired) electrons. The van der Waals surface area contributed by atoms with Crippen LogP contribution in [0, 0.1) is 45.4 Å². The molecule has 3 atom stereocenters. The summed E-state index contributed by atoms with van der Waals surface area (Å²) in [5, 5.41) is 0. The van der Waals surface area contributed by atoms with Gasteiger partial charge in [0.05, 0.1) is 6.42 Å². The first-order valence-corrected chi connectivity index (χ1v) is 14.7. The number of benzene rings is 2. The number of aryl methyl sites for hydroxylation is 4. The third kappa shape index (κ3) is 10.3. The number of carbonyl (C=O) groups is 3. The van der Waals surface area contributed by atoms with Crippen LogP contribution in [0.25, 0.3) is 0 Å². The first-order valence-electron chi connectivity index (χ1n) is 14.7. The number of Topliss-reactive ketones (excluding diaryl/α,β-unsaturated/α-hetero) is 3. The van der Waals surface area contributed by atoms with E-state index in [0.29, 0.717) is 12.3 Å². The van der Waals surface area contributed by atoms with Crippen molar-refractivity contribution in [2.24, 2.45) is 17.8 Å². The molecule has 1 aliphatic rings. The van der Waals surface area contributed by atoms with E-state index in [2.05, 4.69) is 71.9 Å². The van der Waals surface area contributed by atoms with Gasteiger partial charge in [0.1, 0.15) is 11.6 Å². The van der Waals surface area contributed by atoms with Gasteiger partial charge in [0.15, 0.2) is 5.78 Å². The van der Waals surface area contributed by atoms with Crippen LogP contribution < -0.4 is 0 Å². The molecule has 1 aliphatic carbocycles. The summed E-state index contributed by atoms with van der Waals surface area (Å²) in [7, 11) is 0. The Balaban J connectivity index is 0.000000545. The lowest BCUT2D eigenvalue weighted by molar-refractivity contribution is -0.129. The molecule has 0 heterocycles. The summed E-state index contributed by atoms with van der Waals surface area (Å²) in [4.78, 5) is 36.9. The predicted molar refractivity (Wildman–Crippen MR) is 161 cm³/mol. The monoisotopic (exact) mass is 520 g/mol. The summed E-state index contributed by atoms with van der Waals surface area (Å²) in [6.45, 7) is 18.3. The minimum absolute atomic E-state index is 0.0451. The van der Waals surface area contributed by atoms with E-state index in [-0.39, 0.29) is 35.6 Å². The fourth-order valence-electron chi connectivity index (χ4n) is 5.56. The van der Waals surface area contributed by atoms with Crippen molar-refractivity contribution in [1.29, 1.82) is 0 Å². The van der Waals surface area contributed by atoms with E-state index in [1.807, 2.05) is 19.9 Å². The molecule has 3 unspecified atom stereocenters. The molecule has 0 bridgehead atoms. The molecule has 2 aromatic carbocycles. The maximum Gasteiger partial charge on any atom is 0.163 e. The van der Waals surface area contributed by atoms with Crippen molar-refractivity contribution in [2.75, 3.05) is 0 Å². The summed E-state index contributed by atoms with van der Waals surface area (Å²) in [6, 6.07) is 12.5. The van der Waals surface area contributed by atoms with Gasteiger partial charge in [-0.3, -0.25) is 14.4 Å². The predicted octanol–water partition coefficient (Wildman–Crippen LogP) is 9.15. The second-order valence-corrected chi connectivity index (χ2v) is 11.2. The van der Waals surface area contributed by atoms with Gasteiger partial charge in [0, 0.05) is 17.9 Å². The first-order chi connectivity index (χ1) is 18.0. The van der Waals surface area contributed by atoms with E-state index < -0.39 is 0 Å². The van der Waals surface area contributed by atoms with Crippen molar-refractivity contribution in [3.8, 4) is 0 Å². The number of carbonyl (C=O) groups excluding carboxylic acids is 3. The average molecular weight is 521 g/mol. The molecule has 210 valence electrons. The van der Waals surface area contributed by atoms with Crippen molar-refractivity contribution < 1.29 is 14.4 Å². The SMILES string of the molecule is CCC.CCCC(CC1CC(=O)c2c(C)ccc(C)c2C1)C(CC)C(=O)CC(C)=O.Cc1ccccc1C. The van der Waals surface area contributed by atoms with Crippen molar-refractivity contribution >= 4 is 17.3 Å². The number of rotatable bonds is 9. The summed E-state index contributed by atoms with van der Waals surface area (Å²) < 4.78 is 0. The molecule has 38 heavy (non-hydrogen) atoms. The summed E-state index contributed by atoms with van der Waals surface area (Å²) in [6.07, 6.45) is 6.46. The van der Waals surface area contributed by atoms with Crippen molar-refractivity contribution in [2.45, 2.75) is 114 Å². The Morgan fingerprint density at radius 3 is 1.87 bits per heavy atom. The maximum atomic E-state index is 12.8. The Kier molecular flexibility index (Phi) is 15.1. The highest BCUT2D eigenvalue weighted by atomic mass is 16.1. The molecule has 3 rings (SSSR count). The van der Waals surface area contributed by atoms with Crippen molar-refractivity contribution in [3.05, 3.63) is 69.8 Å². The molecule has 0 aliphatic heterocycles. The Hall–Kier alpha value is -2.55. The lowest BCUT2D eigenvalue weighted by Gasteiger charge is -2.32. The van der Waals surface area contributed by atoms with Gasteiger partial charge < -0.3 is 0 Å². The highest BCUT2D eigenvalue weighted by Gasteiger charge is 2.33. The van der Waals surface area contributed by atoms with Gasteiger partial charge in [-0.2, -0.15) is 0 Å². The minimum atomic E-state index is -0.0658. The Labute approximate surface area is 232 Å². The van der Waals surface area contributed by atoms with E-state index >= 15 is 0 Å². The number of hydrogen-bond donors (Lipinski definition) is 0. The third-order valence-corrected chi connectivity index (χ3v) is 7.57. The number of ketones is 3. The second kappa shape index (κ2) is 17.1. The highest BCUT2D eigenvalue weighted by Crippen LogP contribution is 2.37. The third-order valence-electron chi connectivity index (χ3n) is 7.57. The van der Waals surface area contributed by atoms with Crippen LogP contribution in [0.15, 0.2) is 36.4 Å². The summed E-state index contributed by atoms with van der Waals surface area (Å²) in [5.41, 5.74) is 7.14. The smallest absolute Gasteiger partial charge is 0.163 e. The molecule has 0 saturated heterocycles. The normalized spacial score (nSPS) is 15.7. The van der Waals surface area contributed by atoms with Gasteiger partial charge in [-0.25, -0.2) is 0 Å². The van der Waals surface area contributed by atoms with E-state index in [4.69, 9.17) is 0 Å². The van der Waals surface area contributed by atoms with E-state index in [1.54, 1.807) is 0 Å². The molecular formula is C35H52O3. The largest absolute Gasteiger partial charge is 0.300 e. The van der Waals surface area contributed by atoms with Crippen LogP contribution in [0.3, 0.4) is 0 Å². The Morgan fingerprint density at radius 1 is 0.842 bits per heavy atom. The van der Waals surface area contributed by atoms with E-state index in [0.717, 1.165) is 43.2 Å². The molecule has 0 amide bonds. The standard InChI is InChI=1S/C24H34O3.C8H10.C3H8/c1-6-8-19(20(7-2)22(26)11-17(5)25)12-18-13-21-15(3)9-10-16(4)24(21)23(27)14-18;1-7-5-3-4-6-8(7)2;1-3-2/h9-10,18-20H,6-8,11-14H2,1-5H3;3-6H,1-2H3;3H2,1-2H3. The van der Waals surface area contributed by atoms with E-state index in [9.17, 15) is 14.4 Å². The topological polar surface area (TPSA) is 51.2 Å². The van der Waals surface area contributed by atoms with Crippen molar-refractivity contribution in [1.82, 2.24) is 0 Å². The van der Waals surface area contributed by atoms with Gasteiger partial charge in [-0.05, 0) is 93.5 Å². The molecule has 0 N–H and O–H groups in total. The van der Waals surface area contributed by atoms with Crippen molar-refractivity contribution in [3.63, 3.8) is 0 Å². The number of fused-ring (bicyclic) bond motifs is 1. The van der Waals surface area contributed by atoms with Crippen LogP contribution in [0.5, 0.6) is 0 Å².